The van der Waals surface area contributed by atoms with E-state index in [0.717, 1.165) is 34.1 Å². The highest BCUT2D eigenvalue weighted by Gasteiger charge is 2.23. The van der Waals surface area contributed by atoms with E-state index in [1.54, 1.807) is 24.5 Å². The van der Waals surface area contributed by atoms with Crippen LogP contribution in [0.4, 0.5) is 4.39 Å². The van der Waals surface area contributed by atoms with E-state index in [-0.39, 0.29) is 24.1 Å². The first-order chi connectivity index (χ1) is 17.2. The monoisotopic (exact) mass is 463 g/mol. The number of halogens is 1. The minimum Gasteiger partial charge on any atom is -0.352 e. The lowest BCUT2D eigenvalue weighted by molar-refractivity contribution is -0.121. The van der Waals surface area contributed by atoms with E-state index >= 15 is 0 Å². The molecule has 1 amide bonds. The fourth-order valence-corrected chi connectivity index (χ4v) is 4.53. The molecule has 0 aliphatic heterocycles. The zero-order chi connectivity index (χ0) is 24.0. The van der Waals surface area contributed by atoms with Crippen LogP contribution in [0.25, 0.3) is 10.9 Å². The first kappa shape index (κ1) is 22.5. The zero-order valence-corrected chi connectivity index (χ0v) is 19.3. The van der Waals surface area contributed by atoms with Crippen molar-refractivity contribution in [1.29, 1.82) is 0 Å². The predicted molar refractivity (Wildman–Crippen MR) is 136 cm³/mol. The summed E-state index contributed by atoms with van der Waals surface area (Å²) in [4.78, 5) is 17.2. The molecule has 0 bridgehead atoms. The number of rotatable bonds is 8. The minimum absolute atomic E-state index is 0.0666. The van der Waals surface area contributed by atoms with Crippen molar-refractivity contribution in [3.05, 3.63) is 138 Å². The smallest absolute Gasteiger partial charge is 0.221 e. The maximum atomic E-state index is 13.7. The third kappa shape index (κ3) is 5.30. The quantitative estimate of drug-likeness (QED) is 0.304. The van der Waals surface area contributed by atoms with Gasteiger partial charge in [0.15, 0.2) is 0 Å². The number of hydrogen-bond acceptors (Lipinski definition) is 2. The molecule has 174 valence electrons. The number of carbonyl (C=O) groups is 1. The number of benzene rings is 3. The molecule has 0 radical (unpaired) electrons. The van der Waals surface area contributed by atoms with Gasteiger partial charge in [-0.2, -0.15) is 0 Å². The number of fused-ring (bicyclic) bond motifs is 1. The molecule has 3 aromatic carbocycles. The van der Waals surface area contributed by atoms with Crippen LogP contribution in [-0.4, -0.2) is 15.5 Å². The normalized spacial score (nSPS) is 11.9. The molecule has 1 atom stereocenters. The van der Waals surface area contributed by atoms with Crippen LogP contribution < -0.4 is 5.32 Å². The van der Waals surface area contributed by atoms with Crippen LogP contribution in [0.1, 0.15) is 34.6 Å². The van der Waals surface area contributed by atoms with E-state index in [4.69, 9.17) is 0 Å². The van der Waals surface area contributed by atoms with Gasteiger partial charge in [0.2, 0.25) is 5.91 Å². The number of pyridine rings is 1. The molecule has 5 heteroatoms. The Bertz CT molecular complexity index is 1410. The van der Waals surface area contributed by atoms with E-state index in [1.807, 2.05) is 42.5 Å². The van der Waals surface area contributed by atoms with E-state index in [9.17, 15) is 9.18 Å². The molecule has 2 heterocycles. The summed E-state index contributed by atoms with van der Waals surface area (Å²) in [6.45, 7) is 1.14. The van der Waals surface area contributed by atoms with Crippen molar-refractivity contribution in [2.24, 2.45) is 0 Å². The van der Waals surface area contributed by atoms with Gasteiger partial charge in [0, 0.05) is 54.9 Å². The lowest BCUT2D eigenvalue weighted by Gasteiger charge is -2.17. The van der Waals surface area contributed by atoms with E-state index in [2.05, 4.69) is 45.3 Å². The van der Waals surface area contributed by atoms with Crippen LogP contribution in [0.5, 0.6) is 0 Å². The molecule has 0 saturated heterocycles. The number of nitrogens with one attached hydrogen (secondary N) is 1. The van der Waals surface area contributed by atoms with Gasteiger partial charge in [-0.3, -0.25) is 9.78 Å². The number of amides is 1. The van der Waals surface area contributed by atoms with Gasteiger partial charge in [-0.05, 0) is 46.5 Å². The van der Waals surface area contributed by atoms with Crippen molar-refractivity contribution in [3.63, 3.8) is 0 Å². The van der Waals surface area contributed by atoms with Gasteiger partial charge in [-0.15, -0.1) is 0 Å². The fourth-order valence-electron chi connectivity index (χ4n) is 4.53. The summed E-state index contributed by atoms with van der Waals surface area (Å²) < 4.78 is 16.0. The Morgan fingerprint density at radius 3 is 2.40 bits per heavy atom. The average molecular weight is 464 g/mol. The van der Waals surface area contributed by atoms with Crippen LogP contribution in [-0.2, 0) is 17.9 Å². The summed E-state index contributed by atoms with van der Waals surface area (Å²) in [5, 5.41) is 4.11. The molecule has 0 aliphatic carbocycles. The highest BCUT2D eigenvalue weighted by atomic mass is 19.1. The van der Waals surface area contributed by atoms with Crippen molar-refractivity contribution in [2.75, 3.05) is 0 Å². The van der Waals surface area contributed by atoms with Crippen molar-refractivity contribution >= 4 is 16.8 Å². The molecular formula is C30H26FN3O. The molecule has 2 aromatic heterocycles. The van der Waals surface area contributed by atoms with Crippen molar-refractivity contribution in [3.8, 4) is 0 Å². The van der Waals surface area contributed by atoms with Crippen molar-refractivity contribution < 1.29 is 9.18 Å². The van der Waals surface area contributed by atoms with Gasteiger partial charge < -0.3 is 9.88 Å². The molecule has 0 saturated carbocycles. The second-order valence-corrected chi connectivity index (χ2v) is 8.66. The topological polar surface area (TPSA) is 46.9 Å². The summed E-state index contributed by atoms with van der Waals surface area (Å²) >= 11 is 0. The molecule has 0 unspecified atom stereocenters. The number of aromatic nitrogens is 2. The molecule has 5 aromatic rings. The molecule has 4 nitrogen and oxygen atoms in total. The molecular weight excluding hydrogens is 437 g/mol. The van der Waals surface area contributed by atoms with Gasteiger partial charge >= 0.3 is 0 Å². The largest absolute Gasteiger partial charge is 0.352 e. The third-order valence-electron chi connectivity index (χ3n) is 6.26. The van der Waals surface area contributed by atoms with Gasteiger partial charge in [-0.1, -0.05) is 66.7 Å². The Balaban J connectivity index is 1.49. The Morgan fingerprint density at radius 1 is 0.886 bits per heavy atom. The lowest BCUT2D eigenvalue weighted by Crippen LogP contribution is -2.25. The van der Waals surface area contributed by atoms with Crippen molar-refractivity contribution in [2.45, 2.75) is 25.4 Å². The van der Waals surface area contributed by atoms with Crippen LogP contribution in [0.3, 0.4) is 0 Å². The van der Waals surface area contributed by atoms with Crippen molar-refractivity contribution in [1.82, 2.24) is 14.9 Å². The first-order valence-electron chi connectivity index (χ1n) is 11.7. The molecule has 35 heavy (non-hydrogen) atoms. The standard InChI is InChI=1S/C30H26FN3O/c31-25-14-12-24(13-15-25)27(17-30(35)33-19-23-9-6-16-32-18-23)28-21-34(20-22-7-2-1-3-8-22)29-11-5-4-10-26(28)29/h1-16,18,21,27H,17,19-20H2,(H,33,35)/t27-/m1/s1. The number of para-hydroxylation sites is 1. The van der Waals surface area contributed by atoms with Crippen LogP contribution in [0, 0.1) is 5.82 Å². The minimum atomic E-state index is -0.292. The predicted octanol–water partition coefficient (Wildman–Crippen LogP) is 6.06. The molecule has 0 fully saturated rings. The third-order valence-corrected chi connectivity index (χ3v) is 6.26. The van der Waals surface area contributed by atoms with Gasteiger partial charge in [0.1, 0.15) is 5.82 Å². The van der Waals surface area contributed by atoms with E-state index in [1.165, 1.54) is 17.7 Å². The number of carbonyl (C=O) groups excluding carboxylic acids is 1. The van der Waals surface area contributed by atoms with Crippen LogP contribution >= 0.6 is 0 Å². The summed E-state index contributed by atoms with van der Waals surface area (Å²) in [5.41, 5.74) is 5.21. The first-order valence-corrected chi connectivity index (χ1v) is 11.7. The Kier molecular flexibility index (Phi) is 6.66. The highest BCUT2D eigenvalue weighted by Crippen LogP contribution is 2.35. The Labute approximate surface area is 204 Å². The van der Waals surface area contributed by atoms with Gasteiger partial charge in [0.05, 0.1) is 0 Å². The Morgan fingerprint density at radius 2 is 1.63 bits per heavy atom. The molecule has 0 spiro atoms. The van der Waals surface area contributed by atoms with Gasteiger partial charge in [-0.25, -0.2) is 4.39 Å². The average Bonchev–Trinajstić information content (AvgIpc) is 3.26. The molecule has 1 N–H and O–H groups in total. The maximum Gasteiger partial charge on any atom is 0.221 e. The summed E-state index contributed by atoms with van der Waals surface area (Å²) in [6.07, 6.45) is 5.85. The summed E-state index contributed by atoms with van der Waals surface area (Å²) in [6, 6.07) is 28.8. The zero-order valence-electron chi connectivity index (χ0n) is 19.3. The molecule has 5 rings (SSSR count). The second kappa shape index (κ2) is 10.3. The summed E-state index contributed by atoms with van der Waals surface area (Å²) in [5.74, 6) is -0.575. The number of hydrogen-bond donors (Lipinski definition) is 1. The molecule has 0 aliphatic rings. The fraction of sp³-hybridized carbons (Fsp3) is 0.133. The van der Waals surface area contributed by atoms with Crippen LogP contribution in [0.15, 0.2) is 110 Å². The second-order valence-electron chi connectivity index (χ2n) is 8.66. The maximum absolute atomic E-state index is 13.7. The van der Waals surface area contributed by atoms with Crippen LogP contribution in [0.2, 0.25) is 0 Å². The van der Waals surface area contributed by atoms with Gasteiger partial charge in [0.25, 0.3) is 0 Å². The van der Waals surface area contributed by atoms with E-state index in [0.29, 0.717) is 6.54 Å². The Hall–Kier alpha value is -4.25. The van der Waals surface area contributed by atoms with E-state index < -0.39 is 0 Å². The SMILES string of the molecule is O=C(C[C@H](c1ccc(F)cc1)c1cn(Cc2ccccc2)c2ccccc12)NCc1cccnc1. The number of nitrogens with zero attached hydrogens (tertiary/aromatic N) is 2. The summed E-state index contributed by atoms with van der Waals surface area (Å²) in [7, 11) is 0. The highest BCUT2D eigenvalue weighted by molar-refractivity contribution is 5.86. The lowest BCUT2D eigenvalue weighted by atomic mass is 9.88.